The molecule has 2 rings (SSSR count). The van der Waals surface area contributed by atoms with Gasteiger partial charge in [-0.05, 0) is 32.4 Å². The molecule has 1 fully saturated rings. The number of piperazine rings is 1. The van der Waals surface area contributed by atoms with Crippen molar-refractivity contribution in [3.63, 3.8) is 0 Å². The smallest absolute Gasteiger partial charge is 0.289 e. The fourth-order valence-electron chi connectivity index (χ4n) is 2.46. The normalized spacial score (nSPS) is 24.3. The zero-order chi connectivity index (χ0) is 13.3. The van der Waals surface area contributed by atoms with Crippen LogP contribution in [0.15, 0.2) is 10.5 Å². The van der Waals surface area contributed by atoms with Gasteiger partial charge in [-0.3, -0.25) is 4.79 Å². The van der Waals surface area contributed by atoms with E-state index in [1.165, 1.54) is 0 Å². The molecule has 1 aliphatic heterocycles. The molecule has 2 heterocycles. The molecule has 1 aromatic rings. The van der Waals surface area contributed by atoms with Gasteiger partial charge in [0.1, 0.15) is 5.76 Å². The van der Waals surface area contributed by atoms with E-state index in [1.807, 2.05) is 24.8 Å². The van der Waals surface area contributed by atoms with Crippen LogP contribution in [-0.2, 0) is 6.42 Å². The molecule has 1 saturated heterocycles. The highest BCUT2D eigenvalue weighted by Gasteiger charge is 2.30. The van der Waals surface area contributed by atoms with E-state index in [9.17, 15) is 4.79 Å². The van der Waals surface area contributed by atoms with E-state index in [2.05, 4.69) is 19.2 Å². The molecule has 4 nitrogen and oxygen atoms in total. The Labute approximate surface area is 108 Å². The fourth-order valence-corrected chi connectivity index (χ4v) is 2.46. The van der Waals surface area contributed by atoms with Crippen LogP contribution in [0, 0.1) is 6.92 Å². The summed E-state index contributed by atoms with van der Waals surface area (Å²) in [6, 6.07) is 2.38. The maximum Gasteiger partial charge on any atom is 0.289 e. The van der Waals surface area contributed by atoms with Gasteiger partial charge in [0, 0.05) is 31.6 Å². The number of hydrogen-bond donors (Lipinski definition) is 1. The number of carbonyl (C=O) groups is 1. The van der Waals surface area contributed by atoms with Gasteiger partial charge < -0.3 is 14.6 Å². The number of nitrogens with one attached hydrogen (secondary N) is 1. The Morgan fingerprint density at radius 2 is 2.28 bits per heavy atom. The highest BCUT2D eigenvalue weighted by atomic mass is 16.4. The van der Waals surface area contributed by atoms with Crippen molar-refractivity contribution in [2.75, 3.05) is 13.1 Å². The van der Waals surface area contributed by atoms with Gasteiger partial charge in [0.15, 0.2) is 5.76 Å². The van der Waals surface area contributed by atoms with Crippen molar-refractivity contribution in [1.29, 1.82) is 0 Å². The summed E-state index contributed by atoms with van der Waals surface area (Å²) in [4.78, 5) is 14.3. The number of amides is 1. The second kappa shape index (κ2) is 5.14. The van der Waals surface area contributed by atoms with Gasteiger partial charge >= 0.3 is 0 Å². The largest absolute Gasteiger partial charge is 0.456 e. The molecule has 2 atom stereocenters. The Morgan fingerprint density at radius 1 is 1.56 bits per heavy atom. The summed E-state index contributed by atoms with van der Waals surface area (Å²) in [7, 11) is 0. The van der Waals surface area contributed by atoms with Gasteiger partial charge in [-0.15, -0.1) is 0 Å². The summed E-state index contributed by atoms with van der Waals surface area (Å²) in [5.41, 5.74) is 1.07. The number of rotatable bonds is 2. The summed E-state index contributed by atoms with van der Waals surface area (Å²) in [5, 5.41) is 3.37. The van der Waals surface area contributed by atoms with Crippen molar-refractivity contribution in [3.05, 3.63) is 23.2 Å². The average Bonchev–Trinajstić information content (AvgIpc) is 2.73. The summed E-state index contributed by atoms with van der Waals surface area (Å²) in [5.74, 6) is 1.40. The third kappa shape index (κ3) is 2.29. The molecule has 0 aromatic carbocycles. The first kappa shape index (κ1) is 13.1. The predicted molar refractivity (Wildman–Crippen MR) is 70.8 cm³/mol. The van der Waals surface area contributed by atoms with Gasteiger partial charge in [-0.2, -0.15) is 0 Å². The van der Waals surface area contributed by atoms with Crippen molar-refractivity contribution >= 4 is 5.91 Å². The van der Waals surface area contributed by atoms with Gasteiger partial charge in [0.25, 0.3) is 5.91 Å². The summed E-state index contributed by atoms with van der Waals surface area (Å²) in [6.07, 6.45) is 0.826. The van der Waals surface area contributed by atoms with E-state index >= 15 is 0 Å². The molecule has 100 valence electrons. The maximum absolute atomic E-state index is 12.4. The van der Waals surface area contributed by atoms with Crippen LogP contribution < -0.4 is 5.32 Å². The van der Waals surface area contributed by atoms with Gasteiger partial charge in [-0.25, -0.2) is 0 Å². The number of nitrogens with zero attached hydrogens (tertiary/aromatic N) is 1. The van der Waals surface area contributed by atoms with Crippen LogP contribution in [0.5, 0.6) is 0 Å². The van der Waals surface area contributed by atoms with Crippen LogP contribution in [0.1, 0.15) is 42.6 Å². The molecule has 1 aromatic heterocycles. The quantitative estimate of drug-likeness (QED) is 0.873. The van der Waals surface area contributed by atoms with Crippen LogP contribution >= 0.6 is 0 Å². The lowest BCUT2D eigenvalue weighted by molar-refractivity contribution is 0.0569. The topological polar surface area (TPSA) is 45.5 Å². The van der Waals surface area contributed by atoms with E-state index in [0.717, 1.165) is 30.8 Å². The highest BCUT2D eigenvalue weighted by Crippen LogP contribution is 2.19. The second-order valence-electron chi connectivity index (χ2n) is 5.05. The first-order valence-corrected chi connectivity index (χ1v) is 6.68. The second-order valence-corrected chi connectivity index (χ2v) is 5.05. The zero-order valence-corrected chi connectivity index (χ0v) is 11.6. The Kier molecular flexibility index (Phi) is 3.76. The van der Waals surface area contributed by atoms with Crippen molar-refractivity contribution in [2.45, 2.75) is 46.2 Å². The molecule has 0 aliphatic carbocycles. The predicted octanol–water partition coefficient (Wildman–Crippen LogP) is 1.97. The molecule has 1 N–H and O–H groups in total. The van der Waals surface area contributed by atoms with Crippen LogP contribution in [0.25, 0.3) is 0 Å². The molecule has 0 bridgehead atoms. The monoisotopic (exact) mass is 250 g/mol. The van der Waals surface area contributed by atoms with Gasteiger partial charge in [0.2, 0.25) is 0 Å². The molecule has 18 heavy (non-hydrogen) atoms. The van der Waals surface area contributed by atoms with Crippen molar-refractivity contribution in [3.8, 4) is 0 Å². The lowest BCUT2D eigenvalue weighted by Gasteiger charge is -2.38. The third-order valence-corrected chi connectivity index (χ3v) is 3.85. The first-order valence-electron chi connectivity index (χ1n) is 6.68. The van der Waals surface area contributed by atoms with E-state index < -0.39 is 0 Å². The lowest BCUT2D eigenvalue weighted by atomic mass is 10.1. The molecule has 2 unspecified atom stereocenters. The van der Waals surface area contributed by atoms with Crippen LogP contribution in [-0.4, -0.2) is 36.0 Å². The number of carbonyl (C=O) groups excluding carboxylic acids is 1. The molecule has 1 aliphatic rings. The lowest BCUT2D eigenvalue weighted by Crippen LogP contribution is -2.57. The van der Waals surface area contributed by atoms with Gasteiger partial charge in [0.05, 0.1) is 0 Å². The Morgan fingerprint density at radius 3 is 2.89 bits per heavy atom. The number of aryl methyl sites for hydroxylation is 2. The Bertz CT molecular complexity index is 439. The van der Waals surface area contributed by atoms with Crippen molar-refractivity contribution in [1.82, 2.24) is 10.2 Å². The summed E-state index contributed by atoms with van der Waals surface area (Å²) < 4.78 is 5.65. The van der Waals surface area contributed by atoms with E-state index in [1.54, 1.807) is 0 Å². The van der Waals surface area contributed by atoms with E-state index in [4.69, 9.17) is 4.42 Å². The molecular weight excluding hydrogens is 228 g/mol. The Balaban J connectivity index is 2.19. The minimum Gasteiger partial charge on any atom is -0.456 e. The fraction of sp³-hybridized carbons (Fsp3) is 0.643. The standard InChI is InChI=1S/C14H22N2O2/c1-5-12-9(2)8-13(18-12)14(17)16-7-6-15-10(3)11(16)4/h8,10-11,15H,5-7H2,1-4H3. The summed E-state index contributed by atoms with van der Waals surface area (Å²) in [6.45, 7) is 9.79. The summed E-state index contributed by atoms with van der Waals surface area (Å²) >= 11 is 0. The average molecular weight is 250 g/mol. The Hall–Kier alpha value is -1.29. The highest BCUT2D eigenvalue weighted by molar-refractivity contribution is 5.92. The molecule has 1 amide bonds. The maximum atomic E-state index is 12.4. The van der Waals surface area contributed by atoms with E-state index in [-0.39, 0.29) is 11.9 Å². The van der Waals surface area contributed by atoms with Crippen LogP contribution in [0.3, 0.4) is 0 Å². The van der Waals surface area contributed by atoms with E-state index in [0.29, 0.717) is 11.8 Å². The third-order valence-electron chi connectivity index (χ3n) is 3.85. The van der Waals surface area contributed by atoms with Crippen molar-refractivity contribution < 1.29 is 9.21 Å². The molecule has 0 saturated carbocycles. The molecular formula is C14H22N2O2. The van der Waals surface area contributed by atoms with Crippen LogP contribution in [0.2, 0.25) is 0 Å². The molecule has 0 spiro atoms. The number of furan rings is 1. The first-order chi connectivity index (χ1) is 8.54. The molecule has 4 heteroatoms. The molecule has 0 radical (unpaired) electrons. The minimum atomic E-state index is 0.0126. The van der Waals surface area contributed by atoms with Crippen molar-refractivity contribution in [2.24, 2.45) is 0 Å². The number of hydrogen-bond acceptors (Lipinski definition) is 3. The van der Waals surface area contributed by atoms with Gasteiger partial charge in [-0.1, -0.05) is 6.92 Å². The van der Waals surface area contributed by atoms with Crippen LogP contribution in [0.4, 0.5) is 0 Å². The zero-order valence-electron chi connectivity index (χ0n) is 11.6. The minimum absolute atomic E-state index is 0.0126. The SMILES string of the molecule is CCc1oc(C(=O)N2CCNC(C)C2C)cc1C.